The molecule has 96 valence electrons. The number of aromatic nitrogens is 3. The van der Waals surface area contributed by atoms with E-state index in [-0.39, 0.29) is 6.61 Å². The second kappa shape index (κ2) is 5.50. The zero-order valence-electron chi connectivity index (χ0n) is 10.5. The Morgan fingerprint density at radius 1 is 1.44 bits per heavy atom. The van der Waals surface area contributed by atoms with Crippen LogP contribution in [0.5, 0.6) is 0 Å². The molecule has 0 unspecified atom stereocenters. The molecule has 6 nitrogen and oxygen atoms in total. The quantitative estimate of drug-likeness (QED) is 0.742. The predicted molar refractivity (Wildman–Crippen MR) is 71.2 cm³/mol. The maximum Gasteiger partial charge on any atom is 0.136 e. The number of aliphatic hydroxyl groups excluding tert-OH is 1. The Morgan fingerprint density at radius 3 is 2.94 bits per heavy atom. The van der Waals surface area contributed by atoms with Gasteiger partial charge in [-0.25, -0.2) is 9.97 Å². The van der Waals surface area contributed by atoms with Crippen molar-refractivity contribution in [2.75, 3.05) is 30.4 Å². The molecule has 0 aliphatic carbocycles. The van der Waals surface area contributed by atoms with Crippen molar-refractivity contribution in [2.45, 2.75) is 6.92 Å². The number of rotatable bonds is 5. The molecule has 0 atom stereocenters. The Balaban J connectivity index is 2.20. The van der Waals surface area contributed by atoms with Crippen LogP contribution in [0, 0.1) is 6.92 Å². The van der Waals surface area contributed by atoms with Crippen LogP contribution < -0.4 is 10.2 Å². The summed E-state index contributed by atoms with van der Waals surface area (Å²) in [5, 5.41) is 12.1. The maximum absolute atomic E-state index is 8.94. The first-order valence-corrected chi connectivity index (χ1v) is 5.76. The average molecular weight is 247 g/mol. The first-order chi connectivity index (χ1) is 8.69. The second-order valence-corrected chi connectivity index (χ2v) is 4.03. The van der Waals surface area contributed by atoms with Crippen molar-refractivity contribution >= 4 is 17.3 Å². The van der Waals surface area contributed by atoms with Gasteiger partial charge in [-0.2, -0.15) is 0 Å². The van der Waals surface area contributed by atoms with Crippen molar-refractivity contribution in [1.82, 2.24) is 15.0 Å². The monoisotopic (exact) mass is 247 g/mol. The summed E-state index contributed by atoms with van der Waals surface area (Å²) in [6.07, 6.45) is 3.70. The number of H-pyrrole nitrogens is 1. The van der Waals surface area contributed by atoms with E-state index in [4.69, 9.17) is 5.11 Å². The Kier molecular flexibility index (Phi) is 3.78. The molecule has 6 heteroatoms. The summed E-state index contributed by atoms with van der Waals surface area (Å²) >= 11 is 0. The molecule has 2 aromatic heterocycles. The number of aromatic amines is 1. The standard InChI is InChI=1S/C12H17N5O/c1-9-14-11(16-10-3-4-13-8-10)7-12(15-9)17(2)5-6-18/h3-4,7-8,13,18H,5-6H2,1-2H3,(H,14,15,16). The Hall–Kier alpha value is -2.08. The van der Waals surface area contributed by atoms with Crippen molar-refractivity contribution in [1.29, 1.82) is 0 Å². The van der Waals surface area contributed by atoms with Gasteiger partial charge in [-0.1, -0.05) is 0 Å². The molecule has 2 heterocycles. The molecule has 0 fully saturated rings. The van der Waals surface area contributed by atoms with E-state index in [0.717, 1.165) is 17.3 Å². The van der Waals surface area contributed by atoms with Gasteiger partial charge in [0, 0.05) is 32.1 Å². The minimum absolute atomic E-state index is 0.0973. The van der Waals surface area contributed by atoms with Crippen molar-refractivity contribution < 1.29 is 5.11 Å². The van der Waals surface area contributed by atoms with Crippen LogP contribution in [0.1, 0.15) is 5.82 Å². The third-order valence-corrected chi connectivity index (χ3v) is 2.52. The summed E-state index contributed by atoms with van der Waals surface area (Å²) < 4.78 is 0. The van der Waals surface area contributed by atoms with Crippen molar-refractivity contribution in [3.05, 3.63) is 30.4 Å². The second-order valence-electron chi connectivity index (χ2n) is 4.03. The van der Waals surface area contributed by atoms with Gasteiger partial charge in [-0.15, -0.1) is 0 Å². The molecule has 2 aromatic rings. The highest BCUT2D eigenvalue weighted by atomic mass is 16.3. The van der Waals surface area contributed by atoms with Crippen molar-refractivity contribution in [3.63, 3.8) is 0 Å². The summed E-state index contributed by atoms with van der Waals surface area (Å²) in [5.41, 5.74) is 0.948. The molecule has 0 spiro atoms. The van der Waals surface area contributed by atoms with Gasteiger partial charge in [-0.05, 0) is 13.0 Å². The van der Waals surface area contributed by atoms with Gasteiger partial charge in [0.1, 0.15) is 17.5 Å². The van der Waals surface area contributed by atoms with Gasteiger partial charge < -0.3 is 20.3 Å². The van der Waals surface area contributed by atoms with Crippen LogP contribution in [-0.2, 0) is 0 Å². The lowest BCUT2D eigenvalue weighted by Gasteiger charge is -2.17. The fourth-order valence-corrected chi connectivity index (χ4v) is 1.63. The van der Waals surface area contributed by atoms with E-state index < -0.39 is 0 Å². The minimum Gasteiger partial charge on any atom is -0.395 e. The largest absolute Gasteiger partial charge is 0.395 e. The lowest BCUT2D eigenvalue weighted by Crippen LogP contribution is -2.22. The Bertz CT molecular complexity index is 497. The molecule has 3 N–H and O–H groups in total. The number of likely N-dealkylation sites (N-methyl/N-ethyl adjacent to an activating group) is 1. The number of nitrogens with one attached hydrogen (secondary N) is 2. The topological polar surface area (TPSA) is 77.1 Å². The molecule has 0 aliphatic heterocycles. The van der Waals surface area contributed by atoms with Crippen LogP contribution in [0.2, 0.25) is 0 Å². The number of anilines is 3. The first kappa shape index (κ1) is 12.4. The molecule has 0 amide bonds. The van der Waals surface area contributed by atoms with Gasteiger partial charge >= 0.3 is 0 Å². The highest BCUT2D eigenvalue weighted by Gasteiger charge is 2.06. The smallest absolute Gasteiger partial charge is 0.136 e. The van der Waals surface area contributed by atoms with E-state index in [9.17, 15) is 0 Å². The Morgan fingerprint density at radius 2 is 2.28 bits per heavy atom. The molecule has 2 rings (SSSR count). The van der Waals surface area contributed by atoms with E-state index >= 15 is 0 Å². The molecule has 0 aliphatic rings. The van der Waals surface area contributed by atoms with E-state index in [1.807, 2.05) is 43.4 Å². The number of nitrogens with zero attached hydrogens (tertiary/aromatic N) is 3. The lowest BCUT2D eigenvalue weighted by atomic mass is 10.4. The summed E-state index contributed by atoms with van der Waals surface area (Å²) in [5.74, 6) is 2.21. The molecule has 18 heavy (non-hydrogen) atoms. The van der Waals surface area contributed by atoms with Crippen LogP contribution in [0.25, 0.3) is 0 Å². The molecular formula is C12H17N5O. The zero-order valence-corrected chi connectivity index (χ0v) is 10.5. The van der Waals surface area contributed by atoms with E-state index in [2.05, 4.69) is 20.3 Å². The van der Waals surface area contributed by atoms with Crippen LogP contribution in [-0.4, -0.2) is 40.3 Å². The Labute approximate surface area is 106 Å². The normalized spacial score (nSPS) is 10.4. The number of hydrogen-bond acceptors (Lipinski definition) is 5. The number of aliphatic hydroxyl groups is 1. The highest BCUT2D eigenvalue weighted by molar-refractivity contribution is 5.58. The fraction of sp³-hybridized carbons (Fsp3) is 0.333. The van der Waals surface area contributed by atoms with Crippen LogP contribution in [0.3, 0.4) is 0 Å². The van der Waals surface area contributed by atoms with Gasteiger partial charge in [0.05, 0.1) is 12.3 Å². The van der Waals surface area contributed by atoms with E-state index in [0.29, 0.717) is 12.4 Å². The maximum atomic E-state index is 8.94. The molecule has 0 bridgehead atoms. The predicted octanol–water partition coefficient (Wildman–Crippen LogP) is 1.29. The zero-order chi connectivity index (χ0) is 13.0. The van der Waals surface area contributed by atoms with Gasteiger partial charge in [0.2, 0.25) is 0 Å². The highest BCUT2D eigenvalue weighted by Crippen LogP contribution is 2.18. The van der Waals surface area contributed by atoms with Crippen LogP contribution in [0.15, 0.2) is 24.5 Å². The SMILES string of the molecule is Cc1nc(Nc2cc[nH]c2)cc(N(C)CCO)n1. The average Bonchev–Trinajstić information content (AvgIpc) is 2.81. The lowest BCUT2D eigenvalue weighted by molar-refractivity contribution is 0.304. The van der Waals surface area contributed by atoms with Gasteiger partial charge in [0.15, 0.2) is 0 Å². The number of aryl methyl sites for hydroxylation is 1. The fourth-order valence-electron chi connectivity index (χ4n) is 1.63. The van der Waals surface area contributed by atoms with Gasteiger partial charge in [-0.3, -0.25) is 0 Å². The van der Waals surface area contributed by atoms with Gasteiger partial charge in [0.25, 0.3) is 0 Å². The van der Waals surface area contributed by atoms with E-state index in [1.165, 1.54) is 0 Å². The third kappa shape index (κ3) is 2.98. The molecule has 0 aromatic carbocycles. The van der Waals surface area contributed by atoms with Crippen LogP contribution in [0.4, 0.5) is 17.3 Å². The summed E-state index contributed by atoms with van der Waals surface area (Å²) in [6, 6.07) is 3.78. The van der Waals surface area contributed by atoms with Crippen LogP contribution >= 0.6 is 0 Å². The first-order valence-electron chi connectivity index (χ1n) is 5.76. The molecular weight excluding hydrogens is 230 g/mol. The number of hydrogen-bond donors (Lipinski definition) is 3. The molecule has 0 saturated heterocycles. The summed E-state index contributed by atoms with van der Waals surface area (Å²) in [4.78, 5) is 13.5. The van der Waals surface area contributed by atoms with Crippen molar-refractivity contribution in [2.24, 2.45) is 0 Å². The summed E-state index contributed by atoms with van der Waals surface area (Å²) in [7, 11) is 1.89. The third-order valence-electron chi connectivity index (χ3n) is 2.52. The van der Waals surface area contributed by atoms with Crippen molar-refractivity contribution in [3.8, 4) is 0 Å². The molecule has 0 radical (unpaired) electrons. The van der Waals surface area contributed by atoms with E-state index in [1.54, 1.807) is 0 Å². The molecule has 0 saturated carbocycles. The minimum atomic E-state index is 0.0973. The summed E-state index contributed by atoms with van der Waals surface area (Å²) in [6.45, 7) is 2.48.